The Bertz CT molecular complexity index is 149. The highest BCUT2D eigenvalue weighted by atomic mass is 14.1. The lowest BCUT2D eigenvalue weighted by atomic mass is 9.92. The summed E-state index contributed by atoms with van der Waals surface area (Å²) in [5, 5.41) is 0. The minimum Gasteiger partial charge on any atom is -0.0840 e. The fourth-order valence-electron chi connectivity index (χ4n) is 0.682. The molecule has 11 heavy (non-hydrogen) atoms. The van der Waals surface area contributed by atoms with Crippen LogP contribution in [0.4, 0.5) is 0 Å². The summed E-state index contributed by atoms with van der Waals surface area (Å²) >= 11 is 0. The second-order valence-corrected chi connectivity index (χ2v) is 4.44. The molecule has 0 saturated carbocycles. The summed E-state index contributed by atoms with van der Waals surface area (Å²) < 4.78 is 0. The molecule has 0 saturated heterocycles. The molecule has 0 aliphatic heterocycles. The highest BCUT2D eigenvalue weighted by Gasteiger charge is 2.05. The van der Waals surface area contributed by atoms with Crippen molar-refractivity contribution in [2.75, 3.05) is 0 Å². The van der Waals surface area contributed by atoms with Crippen LogP contribution in [0.15, 0.2) is 23.8 Å². The smallest absolute Gasteiger partial charge is 0.0299 e. The van der Waals surface area contributed by atoms with E-state index in [0.717, 1.165) is 6.42 Å². The Morgan fingerprint density at radius 1 is 1.18 bits per heavy atom. The SMILES string of the molecule is CC(C)=C/C=C\CC(C)(C)C. The van der Waals surface area contributed by atoms with Gasteiger partial charge in [0.2, 0.25) is 0 Å². The zero-order valence-electron chi connectivity index (χ0n) is 8.44. The molecule has 0 aromatic heterocycles. The summed E-state index contributed by atoms with van der Waals surface area (Å²) in [7, 11) is 0. The van der Waals surface area contributed by atoms with Crippen molar-refractivity contribution in [1.29, 1.82) is 0 Å². The molecule has 0 aliphatic rings. The van der Waals surface area contributed by atoms with E-state index in [2.05, 4.69) is 52.8 Å². The highest BCUT2D eigenvalue weighted by Crippen LogP contribution is 2.18. The van der Waals surface area contributed by atoms with Gasteiger partial charge in [0.15, 0.2) is 0 Å². The molecule has 0 atom stereocenters. The molecule has 0 aliphatic carbocycles. The Morgan fingerprint density at radius 2 is 1.73 bits per heavy atom. The number of hydrogen-bond acceptors (Lipinski definition) is 0. The van der Waals surface area contributed by atoms with Gasteiger partial charge in [-0.25, -0.2) is 0 Å². The third kappa shape index (κ3) is 9.48. The van der Waals surface area contributed by atoms with E-state index in [1.165, 1.54) is 5.57 Å². The molecule has 0 N–H and O–H groups in total. The molecule has 0 amide bonds. The molecule has 64 valence electrons. The first-order chi connectivity index (χ1) is 4.92. The van der Waals surface area contributed by atoms with Gasteiger partial charge in [0.25, 0.3) is 0 Å². The van der Waals surface area contributed by atoms with Gasteiger partial charge in [0, 0.05) is 0 Å². The summed E-state index contributed by atoms with van der Waals surface area (Å²) in [6.07, 6.45) is 7.66. The fourth-order valence-corrected chi connectivity index (χ4v) is 0.682. The summed E-state index contributed by atoms with van der Waals surface area (Å²) in [6, 6.07) is 0. The van der Waals surface area contributed by atoms with Crippen molar-refractivity contribution in [3.8, 4) is 0 Å². The van der Waals surface area contributed by atoms with Crippen molar-refractivity contribution in [2.24, 2.45) is 5.41 Å². The Labute approximate surface area is 71.0 Å². The molecule has 0 rings (SSSR count). The van der Waals surface area contributed by atoms with Crippen LogP contribution >= 0.6 is 0 Å². The van der Waals surface area contributed by atoms with Crippen LogP contribution in [0.25, 0.3) is 0 Å². The van der Waals surface area contributed by atoms with Gasteiger partial charge in [-0.3, -0.25) is 0 Å². The Balaban J connectivity index is 3.71. The van der Waals surface area contributed by atoms with E-state index in [0.29, 0.717) is 5.41 Å². The third-order valence-electron chi connectivity index (χ3n) is 1.30. The molecular weight excluding hydrogens is 132 g/mol. The van der Waals surface area contributed by atoms with Crippen LogP contribution in [0, 0.1) is 5.41 Å². The summed E-state index contributed by atoms with van der Waals surface area (Å²) in [4.78, 5) is 0. The largest absolute Gasteiger partial charge is 0.0840 e. The van der Waals surface area contributed by atoms with Gasteiger partial charge in [0.05, 0.1) is 0 Å². The van der Waals surface area contributed by atoms with E-state index in [1.807, 2.05) is 0 Å². The Morgan fingerprint density at radius 3 is 2.09 bits per heavy atom. The van der Waals surface area contributed by atoms with Crippen molar-refractivity contribution in [1.82, 2.24) is 0 Å². The molecule has 0 heteroatoms. The van der Waals surface area contributed by atoms with Crippen molar-refractivity contribution in [2.45, 2.75) is 41.0 Å². The van der Waals surface area contributed by atoms with Gasteiger partial charge >= 0.3 is 0 Å². The van der Waals surface area contributed by atoms with Crippen LogP contribution in [0.1, 0.15) is 41.0 Å². The van der Waals surface area contributed by atoms with Crippen LogP contribution in [0.5, 0.6) is 0 Å². The van der Waals surface area contributed by atoms with Crippen LogP contribution in [-0.4, -0.2) is 0 Å². The highest BCUT2D eigenvalue weighted by molar-refractivity contribution is 5.08. The maximum absolute atomic E-state index is 2.25. The van der Waals surface area contributed by atoms with Gasteiger partial charge in [-0.05, 0) is 25.7 Å². The molecule has 0 radical (unpaired) electrons. The lowest BCUT2D eigenvalue weighted by molar-refractivity contribution is 0.420. The Hall–Kier alpha value is -0.520. The predicted molar refractivity (Wildman–Crippen MR) is 52.6 cm³/mol. The maximum atomic E-state index is 2.25. The van der Waals surface area contributed by atoms with E-state index in [-0.39, 0.29) is 0 Å². The van der Waals surface area contributed by atoms with E-state index < -0.39 is 0 Å². The van der Waals surface area contributed by atoms with Gasteiger partial charge in [-0.15, -0.1) is 0 Å². The van der Waals surface area contributed by atoms with Crippen molar-refractivity contribution in [3.63, 3.8) is 0 Å². The first kappa shape index (κ1) is 10.5. The van der Waals surface area contributed by atoms with Gasteiger partial charge < -0.3 is 0 Å². The maximum Gasteiger partial charge on any atom is -0.0299 e. The number of hydrogen-bond donors (Lipinski definition) is 0. The predicted octanol–water partition coefficient (Wildman–Crippen LogP) is 3.95. The molecule has 0 fully saturated rings. The minimum atomic E-state index is 0.423. The average Bonchev–Trinajstić information content (AvgIpc) is 1.78. The Kier molecular flexibility index (Phi) is 4.17. The first-order valence-corrected chi connectivity index (χ1v) is 4.22. The van der Waals surface area contributed by atoms with Crippen LogP contribution < -0.4 is 0 Å². The monoisotopic (exact) mass is 152 g/mol. The first-order valence-electron chi connectivity index (χ1n) is 4.22. The minimum absolute atomic E-state index is 0.423. The lowest BCUT2D eigenvalue weighted by Crippen LogP contribution is -2.01. The quantitative estimate of drug-likeness (QED) is 0.526. The van der Waals surface area contributed by atoms with E-state index >= 15 is 0 Å². The zero-order chi connectivity index (χ0) is 8.91. The molecule has 0 nitrogen and oxygen atoms in total. The molecule has 0 heterocycles. The molecule has 0 aromatic carbocycles. The van der Waals surface area contributed by atoms with Gasteiger partial charge in [-0.2, -0.15) is 0 Å². The molecule has 0 aromatic rings. The van der Waals surface area contributed by atoms with E-state index in [9.17, 15) is 0 Å². The normalized spacial score (nSPS) is 12.1. The van der Waals surface area contributed by atoms with Gasteiger partial charge in [0.1, 0.15) is 0 Å². The molecular formula is C11H20. The topological polar surface area (TPSA) is 0 Å². The molecule has 0 unspecified atom stereocenters. The van der Waals surface area contributed by atoms with Crippen molar-refractivity contribution < 1.29 is 0 Å². The van der Waals surface area contributed by atoms with Crippen molar-refractivity contribution >= 4 is 0 Å². The van der Waals surface area contributed by atoms with Crippen LogP contribution in [0.2, 0.25) is 0 Å². The molecule has 0 bridgehead atoms. The second-order valence-electron chi connectivity index (χ2n) is 4.44. The van der Waals surface area contributed by atoms with Crippen molar-refractivity contribution in [3.05, 3.63) is 23.8 Å². The average molecular weight is 152 g/mol. The lowest BCUT2D eigenvalue weighted by Gasteiger charge is -2.14. The summed E-state index contributed by atoms with van der Waals surface area (Å²) in [5.41, 5.74) is 1.78. The van der Waals surface area contributed by atoms with Crippen LogP contribution in [-0.2, 0) is 0 Å². The third-order valence-corrected chi connectivity index (χ3v) is 1.30. The number of rotatable bonds is 2. The zero-order valence-corrected chi connectivity index (χ0v) is 8.44. The molecule has 0 spiro atoms. The standard InChI is InChI=1S/C11H20/c1-10(2)8-6-7-9-11(3,4)5/h6-8H,9H2,1-5H3/b7-6-. The van der Waals surface area contributed by atoms with E-state index in [1.54, 1.807) is 0 Å². The van der Waals surface area contributed by atoms with Gasteiger partial charge in [-0.1, -0.05) is 44.6 Å². The fraction of sp³-hybridized carbons (Fsp3) is 0.636. The summed E-state index contributed by atoms with van der Waals surface area (Å²) in [6.45, 7) is 11.0. The summed E-state index contributed by atoms with van der Waals surface area (Å²) in [5.74, 6) is 0. The van der Waals surface area contributed by atoms with Crippen LogP contribution in [0.3, 0.4) is 0 Å². The number of allylic oxidation sites excluding steroid dienone is 4. The van der Waals surface area contributed by atoms with E-state index in [4.69, 9.17) is 0 Å². The second kappa shape index (κ2) is 4.38.